The van der Waals surface area contributed by atoms with Gasteiger partial charge in [-0.2, -0.15) is 0 Å². The molecule has 3 rings (SSSR count). The van der Waals surface area contributed by atoms with Gasteiger partial charge in [0.25, 0.3) is 0 Å². The van der Waals surface area contributed by atoms with Crippen molar-refractivity contribution in [3.05, 3.63) is 60.2 Å². The normalized spacial score (nSPS) is 10.8. The van der Waals surface area contributed by atoms with Crippen molar-refractivity contribution in [2.45, 2.75) is 6.42 Å². The third-order valence-electron chi connectivity index (χ3n) is 2.89. The Balaban J connectivity index is 1.73. The van der Waals surface area contributed by atoms with Gasteiger partial charge in [-0.15, -0.1) is 0 Å². The van der Waals surface area contributed by atoms with Gasteiger partial charge in [-0.1, -0.05) is 30.3 Å². The molecule has 4 heteroatoms. The number of benzene rings is 2. The van der Waals surface area contributed by atoms with Gasteiger partial charge in [0, 0.05) is 18.6 Å². The molecule has 19 heavy (non-hydrogen) atoms. The first-order chi connectivity index (χ1) is 9.33. The van der Waals surface area contributed by atoms with E-state index in [0.29, 0.717) is 23.4 Å². The number of halogens is 1. The van der Waals surface area contributed by atoms with Crippen molar-refractivity contribution in [3.8, 4) is 5.75 Å². The highest BCUT2D eigenvalue weighted by molar-refractivity contribution is 5.81. The summed E-state index contributed by atoms with van der Waals surface area (Å²) in [5, 5.41) is 0. The number of aromatic nitrogens is 2. The number of hydrogen-bond acceptors (Lipinski definition) is 2. The first kappa shape index (κ1) is 11.7. The zero-order valence-corrected chi connectivity index (χ0v) is 10.2. The molecule has 0 atom stereocenters. The first-order valence-corrected chi connectivity index (χ1v) is 6.05. The molecular formula is C15H12FN2O. The third-order valence-corrected chi connectivity index (χ3v) is 2.89. The highest BCUT2D eigenvalue weighted by Gasteiger charge is 2.07. The van der Waals surface area contributed by atoms with Crippen molar-refractivity contribution < 1.29 is 9.13 Å². The van der Waals surface area contributed by atoms with Crippen LogP contribution in [0, 0.1) is 12.1 Å². The van der Waals surface area contributed by atoms with Crippen LogP contribution < -0.4 is 4.74 Å². The van der Waals surface area contributed by atoms with Crippen LogP contribution in [0.25, 0.3) is 11.0 Å². The van der Waals surface area contributed by atoms with Crippen LogP contribution in [0.5, 0.6) is 5.75 Å². The summed E-state index contributed by atoms with van der Waals surface area (Å²) in [5.74, 6) is 0.113. The van der Waals surface area contributed by atoms with Crippen LogP contribution in [0.3, 0.4) is 0 Å². The van der Waals surface area contributed by atoms with Gasteiger partial charge in [0.1, 0.15) is 17.1 Å². The Hall–Kier alpha value is -2.36. The fraction of sp³-hybridized carbons (Fsp3) is 0.133. The smallest absolute Gasteiger partial charge is 0.174 e. The van der Waals surface area contributed by atoms with Gasteiger partial charge in [0.05, 0.1) is 12.1 Å². The summed E-state index contributed by atoms with van der Waals surface area (Å²) in [6.45, 7) is 0.488. The van der Waals surface area contributed by atoms with Gasteiger partial charge in [-0.05, 0) is 5.56 Å². The lowest BCUT2D eigenvalue weighted by atomic mass is 10.2. The topological polar surface area (TPSA) is 37.9 Å². The van der Waals surface area contributed by atoms with Crippen molar-refractivity contribution in [1.29, 1.82) is 0 Å². The van der Waals surface area contributed by atoms with Gasteiger partial charge < -0.3 is 9.72 Å². The molecule has 0 aliphatic rings. The molecule has 0 unspecified atom stereocenters. The van der Waals surface area contributed by atoms with Crippen molar-refractivity contribution >= 4 is 11.0 Å². The van der Waals surface area contributed by atoms with Crippen molar-refractivity contribution in [2.24, 2.45) is 0 Å². The Kier molecular flexibility index (Phi) is 3.14. The van der Waals surface area contributed by atoms with Crippen molar-refractivity contribution in [1.82, 2.24) is 9.97 Å². The van der Waals surface area contributed by atoms with Crippen LogP contribution in [0.4, 0.5) is 4.39 Å². The number of rotatable bonds is 4. The Labute approximate surface area is 110 Å². The lowest BCUT2D eigenvalue weighted by Crippen LogP contribution is -2.02. The molecule has 0 saturated heterocycles. The van der Waals surface area contributed by atoms with Crippen LogP contribution in [0.2, 0.25) is 0 Å². The van der Waals surface area contributed by atoms with Gasteiger partial charge in [0.15, 0.2) is 6.33 Å². The average molecular weight is 255 g/mol. The number of H-pyrrole nitrogens is 1. The number of fused-ring (bicyclic) bond motifs is 1. The molecule has 0 spiro atoms. The molecule has 1 aromatic heterocycles. The fourth-order valence-electron chi connectivity index (χ4n) is 1.96. The van der Waals surface area contributed by atoms with E-state index in [0.717, 1.165) is 6.42 Å². The maximum Gasteiger partial charge on any atom is 0.174 e. The average Bonchev–Trinajstić information content (AvgIpc) is 2.88. The van der Waals surface area contributed by atoms with Gasteiger partial charge in [-0.3, -0.25) is 0 Å². The predicted molar refractivity (Wildman–Crippen MR) is 70.5 cm³/mol. The molecule has 2 aromatic carbocycles. The minimum atomic E-state index is -0.359. The Morgan fingerprint density at radius 3 is 2.89 bits per heavy atom. The SMILES string of the molecule is Fc1cc(OCCc2ccccc2)c2[nH][c]nc2c1. The lowest BCUT2D eigenvalue weighted by Gasteiger charge is -2.07. The molecule has 1 radical (unpaired) electrons. The maximum atomic E-state index is 13.4. The van der Waals surface area contributed by atoms with Gasteiger partial charge >= 0.3 is 0 Å². The molecule has 95 valence electrons. The van der Waals surface area contributed by atoms with Crippen molar-refractivity contribution in [3.63, 3.8) is 0 Å². The largest absolute Gasteiger partial charge is 0.491 e. The van der Waals surface area contributed by atoms with Gasteiger partial charge in [-0.25, -0.2) is 9.37 Å². The Morgan fingerprint density at radius 2 is 2.05 bits per heavy atom. The number of ether oxygens (including phenoxy) is 1. The summed E-state index contributed by atoms with van der Waals surface area (Å²) in [6, 6.07) is 12.7. The van der Waals surface area contributed by atoms with E-state index in [9.17, 15) is 4.39 Å². The summed E-state index contributed by atoms with van der Waals surface area (Å²) in [4.78, 5) is 6.74. The molecule has 3 aromatic rings. The second-order valence-corrected chi connectivity index (χ2v) is 4.23. The highest BCUT2D eigenvalue weighted by Crippen LogP contribution is 2.24. The zero-order valence-electron chi connectivity index (χ0n) is 10.2. The summed E-state index contributed by atoms with van der Waals surface area (Å²) in [7, 11) is 0. The van der Waals surface area contributed by atoms with E-state index in [1.807, 2.05) is 30.3 Å². The van der Waals surface area contributed by atoms with Gasteiger partial charge in [0.2, 0.25) is 0 Å². The lowest BCUT2D eigenvalue weighted by molar-refractivity contribution is 0.323. The van der Waals surface area contributed by atoms with E-state index in [-0.39, 0.29) is 5.82 Å². The molecule has 0 aliphatic carbocycles. The third kappa shape index (κ3) is 2.57. The summed E-state index contributed by atoms with van der Waals surface area (Å²) < 4.78 is 19.0. The highest BCUT2D eigenvalue weighted by atomic mass is 19.1. The monoisotopic (exact) mass is 255 g/mol. The van der Waals surface area contributed by atoms with E-state index in [1.54, 1.807) is 0 Å². The van der Waals surface area contributed by atoms with E-state index in [1.165, 1.54) is 17.7 Å². The summed E-state index contributed by atoms with van der Waals surface area (Å²) in [6.07, 6.45) is 3.37. The van der Waals surface area contributed by atoms with E-state index < -0.39 is 0 Å². The fourth-order valence-corrected chi connectivity index (χ4v) is 1.96. The van der Waals surface area contributed by atoms with Crippen LogP contribution in [-0.2, 0) is 6.42 Å². The minimum absolute atomic E-state index is 0.359. The molecule has 0 saturated carbocycles. The van der Waals surface area contributed by atoms with Crippen molar-refractivity contribution in [2.75, 3.05) is 6.61 Å². The molecule has 3 nitrogen and oxygen atoms in total. The van der Waals surface area contributed by atoms with Crippen LogP contribution in [0.15, 0.2) is 42.5 Å². The number of nitrogens with zero attached hydrogens (tertiary/aromatic N) is 1. The summed E-state index contributed by atoms with van der Waals surface area (Å²) >= 11 is 0. The quantitative estimate of drug-likeness (QED) is 0.777. The zero-order chi connectivity index (χ0) is 13.1. The second-order valence-electron chi connectivity index (χ2n) is 4.23. The minimum Gasteiger partial charge on any atom is -0.491 e. The Morgan fingerprint density at radius 1 is 1.21 bits per heavy atom. The Bertz CT molecular complexity index is 679. The predicted octanol–water partition coefficient (Wildman–Crippen LogP) is 3.12. The van der Waals surface area contributed by atoms with Crippen LogP contribution in [-0.4, -0.2) is 16.6 Å². The van der Waals surface area contributed by atoms with E-state index in [4.69, 9.17) is 4.74 Å². The van der Waals surface area contributed by atoms with Crippen LogP contribution in [0.1, 0.15) is 5.56 Å². The van der Waals surface area contributed by atoms with E-state index in [2.05, 4.69) is 16.3 Å². The standard InChI is InChI=1S/C15H12FN2O/c16-12-8-13-15(18-10-17-13)14(9-12)19-7-6-11-4-2-1-3-5-11/h1-5,8-9H,6-7H2,(H,17,18). The number of nitrogens with one attached hydrogen (secondary N) is 1. The van der Waals surface area contributed by atoms with Crippen LogP contribution >= 0.6 is 0 Å². The second kappa shape index (κ2) is 5.10. The number of imidazole rings is 1. The molecule has 0 fully saturated rings. The molecule has 0 bridgehead atoms. The molecule has 1 N–H and O–H groups in total. The molecule has 1 heterocycles. The maximum absolute atomic E-state index is 13.4. The molecule has 0 amide bonds. The number of hydrogen-bond donors (Lipinski definition) is 1. The number of aromatic amines is 1. The molecule has 0 aliphatic heterocycles. The molecular weight excluding hydrogens is 243 g/mol. The first-order valence-electron chi connectivity index (χ1n) is 6.05. The summed E-state index contributed by atoms with van der Waals surface area (Å²) in [5.41, 5.74) is 2.38. The van der Waals surface area contributed by atoms with E-state index >= 15 is 0 Å².